The zero-order chi connectivity index (χ0) is 21.3. The van der Waals surface area contributed by atoms with Gasteiger partial charge in [0.2, 0.25) is 0 Å². The Bertz CT molecular complexity index is 1130. The molecule has 30 heavy (non-hydrogen) atoms. The highest BCUT2D eigenvalue weighted by Crippen LogP contribution is 2.39. The van der Waals surface area contributed by atoms with Crippen molar-refractivity contribution in [3.63, 3.8) is 0 Å². The predicted octanol–water partition coefficient (Wildman–Crippen LogP) is 5.38. The number of hydrogen-bond acceptors (Lipinski definition) is 3. The molecule has 3 aromatic carbocycles. The molecule has 0 aromatic heterocycles. The topological polar surface area (TPSA) is 70.7 Å². The highest BCUT2D eigenvalue weighted by Gasteiger charge is 2.27. The Kier molecular flexibility index (Phi) is 5.05. The van der Waals surface area contributed by atoms with Crippen molar-refractivity contribution in [1.82, 2.24) is 0 Å². The molecule has 0 fully saturated rings. The summed E-state index contributed by atoms with van der Waals surface area (Å²) in [5, 5.41) is 4.62. The number of ether oxygens (including phenoxy) is 1. The van der Waals surface area contributed by atoms with Gasteiger partial charge < -0.3 is 20.3 Å². The summed E-state index contributed by atoms with van der Waals surface area (Å²) >= 11 is 0. The molecule has 2 N–H and O–H groups in total. The molecule has 8 heteroatoms. The minimum absolute atomic E-state index is 0.253. The SMILES string of the molecule is CCN1C(=O)c2cc(NC(=O)Nc3c(F)cccc3F)ccc2Oc2ccccc21. The van der Waals surface area contributed by atoms with Crippen molar-refractivity contribution in [3.8, 4) is 11.5 Å². The lowest BCUT2D eigenvalue weighted by Gasteiger charge is -2.19. The average molecular weight is 409 g/mol. The molecular weight excluding hydrogens is 392 g/mol. The maximum Gasteiger partial charge on any atom is 0.323 e. The van der Waals surface area contributed by atoms with Crippen molar-refractivity contribution in [3.05, 3.63) is 77.9 Å². The van der Waals surface area contributed by atoms with Crippen LogP contribution < -0.4 is 20.3 Å². The van der Waals surface area contributed by atoms with E-state index in [0.717, 1.165) is 12.1 Å². The number of nitrogens with zero attached hydrogens (tertiary/aromatic N) is 1. The van der Waals surface area contributed by atoms with Gasteiger partial charge in [-0.3, -0.25) is 4.79 Å². The summed E-state index contributed by atoms with van der Waals surface area (Å²) in [7, 11) is 0. The van der Waals surface area contributed by atoms with Crippen LogP contribution in [0, 0.1) is 11.6 Å². The molecular formula is C22H17F2N3O3. The highest BCUT2D eigenvalue weighted by atomic mass is 19.1. The molecule has 1 heterocycles. The molecule has 1 aliphatic heterocycles. The Hall–Kier alpha value is -3.94. The number of benzene rings is 3. The Morgan fingerprint density at radius 3 is 2.43 bits per heavy atom. The monoisotopic (exact) mass is 409 g/mol. The number of nitrogens with one attached hydrogen (secondary N) is 2. The third kappa shape index (κ3) is 3.55. The van der Waals surface area contributed by atoms with Gasteiger partial charge in [0.25, 0.3) is 5.91 Å². The van der Waals surface area contributed by atoms with Crippen molar-refractivity contribution in [2.45, 2.75) is 6.92 Å². The van der Waals surface area contributed by atoms with Gasteiger partial charge in [-0.1, -0.05) is 18.2 Å². The minimum Gasteiger partial charge on any atom is -0.454 e. The Morgan fingerprint density at radius 1 is 0.967 bits per heavy atom. The highest BCUT2D eigenvalue weighted by molar-refractivity contribution is 6.10. The van der Waals surface area contributed by atoms with Gasteiger partial charge in [0, 0.05) is 12.2 Å². The molecule has 3 aromatic rings. The van der Waals surface area contributed by atoms with Crippen LogP contribution in [0.5, 0.6) is 11.5 Å². The van der Waals surface area contributed by atoms with Crippen LogP contribution in [0.2, 0.25) is 0 Å². The summed E-state index contributed by atoms with van der Waals surface area (Å²) in [5.41, 5.74) is 0.602. The maximum absolute atomic E-state index is 13.7. The second-order valence-corrected chi connectivity index (χ2v) is 6.51. The number of halogens is 2. The van der Waals surface area contributed by atoms with E-state index in [9.17, 15) is 18.4 Å². The quantitative estimate of drug-likeness (QED) is 0.610. The van der Waals surface area contributed by atoms with Gasteiger partial charge >= 0.3 is 6.03 Å². The van der Waals surface area contributed by atoms with Gasteiger partial charge in [0.15, 0.2) is 5.75 Å². The molecule has 0 bridgehead atoms. The summed E-state index contributed by atoms with van der Waals surface area (Å²) in [4.78, 5) is 26.9. The standard InChI is InChI=1S/C22H17F2N3O3/c1-2-27-17-8-3-4-9-19(17)30-18-11-10-13(12-14(18)21(27)28)25-22(29)26-20-15(23)6-5-7-16(20)24/h3-12H,2H2,1H3,(H2,25,26,29). The first kappa shape index (κ1) is 19.4. The van der Waals surface area contributed by atoms with E-state index < -0.39 is 23.4 Å². The lowest BCUT2D eigenvalue weighted by molar-refractivity contribution is 0.0988. The normalized spacial score (nSPS) is 12.4. The van der Waals surface area contributed by atoms with Gasteiger partial charge in [-0.25, -0.2) is 13.6 Å². The van der Waals surface area contributed by atoms with E-state index >= 15 is 0 Å². The van der Waals surface area contributed by atoms with Crippen LogP contribution >= 0.6 is 0 Å². The molecule has 0 atom stereocenters. The van der Waals surface area contributed by atoms with Gasteiger partial charge in [0.1, 0.15) is 23.1 Å². The lowest BCUT2D eigenvalue weighted by atomic mass is 10.1. The molecule has 152 valence electrons. The molecule has 4 rings (SSSR count). The van der Waals surface area contributed by atoms with E-state index in [1.807, 2.05) is 19.1 Å². The molecule has 0 unspecified atom stereocenters. The fraction of sp³-hybridized carbons (Fsp3) is 0.0909. The Balaban J connectivity index is 1.61. The summed E-state index contributed by atoms with van der Waals surface area (Å²) < 4.78 is 33.4. The van der Waals surface area contributed by atoms with Crippen molar-refractivity contribution in [1.29, 1.82) is 0 Å². The number of carbonyl (C=O) groups excluding carboxylic acids is 2. The van der Waals surface area contributed by atoms with E-state index in [-0.39, 0.29) is 17.2 Å². The number of carbonyl (C=O) groups is 2. The van der Waals surface area contributed by atoms with E-state index in [1.165, 1.54) is 18.2 Å². The zero-order valence-electron chi connectivity index (χ0n) is 15.9. The van der Waals surface area contributed by atoms with Crippen LogP contribution in [-0.4, -0.2) is 18.5 Å². The number of urea groups is 1. The Morgan fingerprint density at radius 2 is 1.70 bits per heavy atom. The van der Waals surface area contributed by atoms with Gasteiger partial charge in [-0.2, -0.15) is 0 Å². The summed E-state index contributed by atoms with van der Waals surface area (Å²) in [6.07, 6.45) is 0. The third-order valence-electron chi connectivity index (χ3n) is 4.61. The number of rotatable bonds is 3. The number of amides is 3. The summed E-state index contributed by atoms with van der Waals surface area (Å²) in [6.45, 7) is 2.27. The smallest absolute Gasteiger partial charge is 0.323 e. The molecule has 0 radical (unpaired) electrons. The van der Waals surface area contributed by atoms with E-state index in [1.54, 1.807) is 23.1 Å². The van der Waals surface area contributed by atoms with Crippen LogP contribution in [0.3, 0.4) is 0 Å². The van der Waals surface area contributed by atoms with Crippen LogP contribution in [0.4, 0.5) is 30.6 Å². The summed E-state index contributed by atoms with van der Waals surface area (Å²) in [6, 6.07) is 14.2. The molecule has 0 saturated heterocycles. The molecule has 6 nitrogen and oxygen atoms in total. The van der Waals surface area contributed by atoms with Crippen molar-refractivity contribution in [2.75, 3.05) is 22.1 Å². The van der Waals surface area contributed by atoms with Gasteiger partial charge in [-0.05, 0) is 49.4 Å². The molecule has 0 aliphatic carbocycles. The largest absolute Gasteiger partial charge is 0.454 e. The number of para-hydroxylation sites is 3. The van der Waals surface area contributed by atoms with Gasteiger partial charge in [0.05, 0.1) is 11.3 Å². The molecule has 1 aliphatic rings. The van der Waals surface area contributed by atoms with Crippen LogP contribution in [0.1, 0.15) is 17.3 Å². The van der Waals surface area contributed by atoms with Crippen molar-refractivity contribution in [2.24, 2.45) is 0 Å². The van der Waals surface area contributed by atoms with Crippen LogP contribution in [0.25, 0.3) is 0 Å². The number of anilines is 3. The van der Waals surface area contributed by atoms with Crippen LogP contribution in [-0.2, 0) is 0 Å². The fourth-order valence-electron chi connectivity index (χ4n) is 3.21. The molecule has 0 saturated carbocycles. The minimum atomic E-state index is -0.896. The van der Waals surface area contributed by atoms with E-state index in [2.05, 4.69) is 10.6 Å². The fourth-order valence-corrected chi connectivity index (χ4v) is 3.21. The Labute approximate surface area is 171 Å². The zero-order valence-corrected chi connectivity index (χ0v) is 15.9. The first-order chi connectivity index (χ1) is 14.5. The maximum atomic E-state index is 13.7. The van der Waals surface area contributed by atoms with Crippen LogP contribution in [0.15, 0.2) is 60.7 Å². The third-order valence-corrected chi connectivity index (χ3v) is 4.61. The van der Waals surface area contributed by atoms with E-state index in [0.29, 0.717) is 23.7 Å². The number of hydrogen-bond donors (Lipinski definition) is 2. The predicted molar refractivity (Wildman–Crippen MR) is 109 cm³/mol. The second-order valence-electron chi connectivity index (χ2n) is 6.51. The van der Waals surface area contributed by atoms with Crippen molar-refractivity contribution >= 4 is 29.0 Å². The average Bonchev–Trinajstić information content (AvgIpc) is 2.84. The lowest BCUT2D eigenvalue weighted by Crippen LogP contribution is -2.30. The molecule has 3 amide bonds. The number of fused-ring (bicyclic) bond motifs is 2. The summed E-state index contributed by atoms with van der Waals surface area (Å²) in [5.74, 6) is -1.20. The molecule has 0 spiro atoms. The second kappa shape index (κ2) is 7.82. The van der Waals surface area contributed by atoms with E-state index in [4.69, 9.17) is 4.74 Å². The first-order valence-corrected chi connectivity index (χ1v) is 9.22. The van der Waals surface area contributed by atoms with Gasteiger partial charge in [-0.15, -0.1) is 0 Å². The van der Waals surface area contributed by atoms with Crippen molar-refractivity contribution < 1.29 is 23.1 Å². The first-order valence-electron chi connectivity index (χ1n) is 9.22.